The molecule has 34 heavy (non-hydrogen) atoms. The van der Waals surface area contributed by atoms with Crippen LogP contribution in [0.1, 0.15) is 22.8 Å². The molecule has 3 heterocycles. The van der Waals surface area contributed by atoms with Crippen molar-refractivity contribution in [2.45, 2.75) is 18.9 Å². The first kappa shape index (κ1) is 22.0. The van der Waals surface area contributed by atoms with E-state index in [1.54, 1.807) is 12.1 Å². The van der Waals surface area contributed by atoms with Gasteiger partial charge < -0.3 is 18.9 Å². The summed E-state index contributed by atoms with van der Waals surface area (Å²) in [6, 6.07) is 8.86. The van der Waals surface area contributed by atoms with Gasteiger partial charge >= 0.3 is 10.8 Å². The third-order valence-electron chi connectivity index (χ3n) is 5.73. The lowest BCUT2D eigenvalue weighted by molar-refractivity contribution is -0.141. The summed E-state index contributed by atoms with van der Waals surface area (Å²) in [5.41, 5.74) is 1.08. The van der Waals surface area contributed by atoms with Gasteiger partial charge in [0.15, 0.2) is 11.5 Å². The number of esters is 1. The van der Waals surface area contributed by atoms with Crippen LogP contribution < -0.4 is 24.0 Å². The SMILES string of the molecule is COC(=O)Cn1c2c(sc1=O)[C@@H](c1cc(OC)c3c(c1)OCO3)CC(=O)N2c1ccc(F)cc1. The maximum absolute atomic E-state index is 13.6. The van der Waals surface area contributed by atoms with E-state index in [1.165, 1.54) is 48.0 Å². The Labute approximate surface area is 196 Å². The fourth-order valence-corrected chi connectivity index (χ4v) is 5.26. The second kappa shape index (κ2) is 8.49. The Morgan fingerprint density at radius 3 is 2.65 bits per heavy atom. The van der Waals surface area contributed by atoms with Crippen LogP contribution in [0.4, 0.5) is 15.9 Å². The molecular formula is C23H19FN2O7S. The zero-order valence-electron chi connectivity index (χ0n) is 18.2. The van der Waals surface area contributed by atoms with Crippen molar-refractivity contribution >= 4 is 34.7 Å². The van der Waals surface area contributed by atoms with Crippen molar-refractivity contribution in [3.05, 3.63) is 62.3 Å². The molecule has 0 saturated heterocycles. The molecule has 1 aromatic heterocycles. The number of thiazole rings is 1. The highest BCUT2D eigenvalue weighted by Gasteiger charge is 2.39. The molecule has 0 bridgehead atoms. The monoisotopic (exact) mass is 486 g/mol. The summed E-state index contributed by atoms with van der Waals surface area (Å²) in [7, 11) is 2.72. The molecule has 5 rings (SSSR count). The van der Waals surface area contributed by atoms with Gasteiger partial charge in [0.25, 0.3) is 0 Å². The summed E-state index contributed by atoms with van der Waals surface area (Å²) >= 11 is 0.941. The number of ether oxygens (including phenoxy) is 4. The van der Waals surface area contributed by atoms with Gasteiger partial charge in [0.1, 0.15) is 18.2 Å². The van der Waals surface area contributed by atoms with E-state index in [9.17, 15) is 18.8 Å². The zero-order chi connectivity index (χ0) is 24.0. The van der Waals surface area contributed by atoms with Crippen LogP contribution in [0.15, 0.2) is 41.2 Å². The Bertz CT molecular complexity index is 1350. The number of rotatable bonds is 5. The van der Waals surface area contributed by atoms with Crippen molar-refractivity contribution in [2.75, 3.05) is 25.9 Å². The van der Waals surface area contributed by atoms with Gasteiger partial charge in [-0.25, -0.2) is 4.39 Å². The van der Waals surface area contributed by atoms with Crippen molar-refractivity contribution < 1.29 is 32.9 Å². The normalized spacial score (nSPS) is 16.4. The average Bonchev–Trinajstić information content (AvgIpc) is 3.43. The number of benzene rings is 2. The molecule has 0 spiro atoms. The molecule has 2 aliphatic rings. The minimum Gasteiger partial charge on any atom is -0.493 e. The second-order valence-corrected chi connectivity index (χ2v) is 8.63. The average molecular weight is 486 g/mol. The van der Waals surface area contributed by atoms with Crippen molar-refractivity contribution in [1.82, 2.24) is 4.57 Å². The van der Waals surface area contributed by atoms with Crippen LogP contribution in [-0.2, 0) is 20.9 Å². The number of amides is 1. The van der Waals surface area contributed by atoms with E-state index in [4.69, 9.17) is 18.9 Å². The van der Waals surface area contributed by atoms with E-state index >= 15 is 0 Å². The first-order chi connectivity index (χ1) is 16.4. The molecule has 0 N–H and O–H groups in total. The molecule has 0 saturated carbocycles. The first-order valence-corrected chi connectivity index (χ1v) is 11.1. The van der Waals surface area contributed by atoms with Crippen molar-refractivity contribution in [3.8, 4) is 17.2 Å². The Balaban J connectivity index is 1.69. The van der Waals surface area contributed by atoms with Gasteiger partial charge in [-0.05, 0) is 42.0 Å². The summed E-state index contributed by atoms with van der Waals surface area (Å²) in [5.74, 6) is -0.275. The van der Waals surface area contributed by atoms with Gasteiger partial charge in [-0.3, -0.25) is 23.9 Å². The van der Waals surface area contributed by atoms with Gasteiger partial charge in [0.2, 0.25) is 18.4 Å². The zero-order valence-corrected chi connectivity index (χ0v) is 19.0. The van der Waals surface area contributed by atoms with Gasteiger partial charge in [-0.1, -0.05) is 11.3 Å². The van der Waals surface area contributed by atoms with Gasteiger partial charge in [0, 0.05) is 12.3 Å². The maximum atomic E-state index is 13.6. The molecule has 0 aliphatic carbocycles. The number of hydrogen-bond donors (Lipinski definition) is 0. The third kappa shape index (κ3) is 3.58. The number of methoxy groups -OCH3 is 2. The van der Waals surface area contributed by atoms with E-state index in [0.717, 1.165) is 11.3 Å². The minimum atomic E-state index is -0.638. The van der Waals surface area contributed by atoms with Crippen LogP contribution in [0, 0.1) is 5.82 Å². The lowest BCUT2D eigenvalue weighted by Crippen LogP contribution is -2.36. The Hall–Kier alpha value is -3.86. The molecule has 9 nitrogen and oxygen atoms in total. The predicted octanol–water partition coefficient (Wildman–Crippen LogP) is 3.16. The van der Waals surface area contributed by atoms with Crippen LogP contribution in [0.2, 0.25) is 0 Å². The molecule has 11 heteroatoms. The number of fused-ring (bicyclic) bond motifs is 2. The van der Waals surface area contributed by atoms with Crippen LogP contribution in [0.3, 0.4) is 0 Å². The molecular weight excluding hydrogens is 467 g/mol. The molecule has 1 amide bonds. The molecule has 0 radical (unpaired) electrons. The van der Waals surface area contributed by atoms with E-state index in [-0.39, 0.29) is 31.5 Å². The molecule has 0 unspecified atom stereocenters. The van der Waals surface area contributed by atoms with Gasteiger partial charge in [-0.2, -0.15) is 0 Å². The van der Waals surface area contributed by atoms with Crippen LogP contribution in [0.5, 0.6) is 17.2 Å². The van der Waals surface area contributed by atoms with Crippen LogP contribution in [-0.4, -0.2) is 37.5 Å². The number of hydrogen-bond acceptors (Lipinski definition) is 8. The molecule has 176 valence electrons. The molecule has 1 atom stereocenters. The number of carbonyl (C=O) groups is 2. The second-order valence-electron chi connectivity index (χ2n) is 7.64. The number of aromatic nitrogens is 1. The van der Waals surface area contributed by atoms with Crippen LogP contribution >= 0.6 is 11.3 Å². The van der Waals surface area contributed by atoms with E-state index < -0.39 is 22.6 Å². The molecule has 0 fully saturated rings. The fourth-order valence-electron chi connectivity index (χ4n) is 4.16. The number of nitrogens with zero attached hydrogens (tertiary/aromatic N) is 2. The number of anilines is 2. The Morgan fingerprint density at radius 1 is 1.18 bits per heavy atom. The highest BCUT2D eigenvalue weighted by Crippen LogP contribution is 2.49. The quantitative estimate of drug-likeness (QED) is 0.511. The summed E-state index contributed by atoms with van der Waals surface area (Å²) in [6.45, 7) is -0.325. The Morgan fingerprint density at radius 2 is 1.94 bits per heavy atom. The van der Waals surface area contributed by atoms with Crippen molar-refractivity contribution in [3.63, 3.8) is 0 Å². The lowest BCUT2D eigenvalue weighted by atomic mass is 9.90. The number of carbonyl (C=O) groups excluding carboxylic acids is 2. The summed E-state index contributed by atoms with van der Waals surface area (Å²) < 4.78 is 36.0. The van der Waals surface area contributed by atoms with E-state index in [2.05, 4.69) is 0 Å². The summed E-state index contributed by atoms with van der Waals surface area (Å²) in [5, 5.41) is 0. The van der Waals surface area contributed by atoms with E-state index in [1.807, 2.05) is 0 Å². The maximum Gasteiger partial charge on any atom is 0.325 e. The number of halogens is 1. The molecule has 2 aliphatic heterocycles. The Kier molecular flexibility index (Phi) is 5.48. The smallest absolute Gasteiger partial charge is 0.325 e. The highest BCUT2D eigenvalue weighted by molar-refractivity contribution is 7.10. The van der Waals surface area contributed by atoms with E-state index in [0.29, 0.717) is 33.4 Å². The summed E-state index contributed by atoms with van der Waals surface area (Å²) in [6.07, 6.45) is 0.0331. The van der Waals surface area contributed by atoms with Gasteiger partial charge in [0.05, 0.1) is 24.8 Å². The van der Waals surface area contributed by atoms with Crippen molar-refractivity contribution in [1.29, 1.82) is 0 Å². The topological polar surface area (TPSA) is 96.3 Å². The van der Waals surface area contributed by atoms with Gasteiger partial charge in [-0.15, -0.1) is 0 Å². The molecule has 3 aromatic rings. The standard InChI is InChI=1S/C23H19FN2O7S/c1-30-16-7-12(8-17-20(16)33-11-32-17)15-9-18(27)26(14-5-3-13(24)4-6-14)22-21(15)34-23(29)25(22)10-19(28)31-2/h3-8,15H,9-11H2,1-2H3/t15-/m1/s1. The van der Waals surface area contributed by atoms with Crippen LogP contribution in [0.25, 0.3) is 0 Å². The first-order valence-electron chi connectivity index (χ1n) is 10.3. The third-order valence-corrected chi connectivity index (χ3v) is 6.81. The minimum absolute atomic E-state index is 0.0331. The molecule has 2 aromatic carbocycles. The lowest BCUT2D eigenvalue weighted by Gasteiger charge is -2.32. The summed E-state index contributed by atoms with van der Waals surface area (Å²) in [4.78, 5) is 40.0. The van der Waals surface area contributed by atoms with Crippen molar-refractivity contribution in [2.24, 2.45) is 0 Å². The largest absolute Gasteiger partial charge is 0.493 e. The highest BCUT2D eigenvalue weighted by atomic mass is 32.1. The predicted molar refractivity (Wildman–Crippen MR) is 120 cm³/mol. The fraction of sp³-hybridized carbons (Fsp3) is 0.261.